The Morgan fingerprint density at radius 2 is 2.20 bits per heavy atom. The van der Waals surface area contributed by atoms with Gasteiger partial charge in [0.25, 0.3) is 10.0 Å². The second-order valence-electron chi connectivity index (χ2n) is 5.10. The molecule has 20 heavy (non-hydrogen) atoms. The zero-order chi connectivity index (χ0) is 14.6. The van der Waals surface area contributed by atoms with E-state index in [9.17, 15) is 8.42 Å². The van der Waals surface area contributed by atoms with Crippen molar-refractivity contribution in [3.05, 3.63) is 11.8 Å². The largest absolute Gasteiger partial charge is 0.381 e. The molecule has 2 rings (SSSR count). The van der Waals surface area contributed by atoms with Crippen LogP contribution in [0, 0.1) is 5.92 Å². The number of H-pyrrole nitrogens is 1. The number of sulfonamides is 1. The van der Waals surface area contributed by atoms with Gasteiger partial charge in [0.2, 0.25) is 0 Å². The highest BCUT2D eigenvalue weighted by Gasteiger charge is 2.28. The van der Waals surface area contributed by atoms with Crippen LogP contribution in [0.3, 0.4) is 0 Å². The van der Waals surface area contributed by atoms with Crippen molar-refractivity contribution in [3.63, 3.8) is 0 Å². The molecular weight excluding hydrogens is 280 g/mol. The Morgan fingerprint density at radius 3 is 2.85 bits per heavy atom. The number of nitrogens with one attached hydrogen (secondary N) is 2. The van der Waals surface area contributed by atoms with Gasteiger partial charge in [-0.2, -0.15) is 9.40 Å². The fourth-order valence-electron chi connectivity index (χ4n) is 2.39. The molecule has 2 heterocycles. The highest BCUT2D eigenvalue weighted by molar-refractivity contribution is 7.89. The average Bonchev–Trinajstić information content (AvgIpc) is 2.89. The van der Waals surface area contributed by atoms with Crippen LogP contribution in [0.1, 0.15) is 18.4 Å². The summed E-state index contributed by atoms with van der Waals surface area (Å²) in [7, 11) is -0.121. The average molecular weight is 302 g/mol. The second-order valence-corrected chi connectivity index (χ2v) is 7.08. The summed E-state index contributed by atoms with van der Waals surface area (Å²) in [6.45, 7) is 2.42. The van der Waals surface area contributed by atoms with Crippen molar-refractivity contribution >= 4 is 10.0 Å². The minimum absolute atomic E-state index is 0.182. The molecule has 0 atom stereocenters. The second kappa shape index (κ2) is 6.66. The van der Waals surface area contributed by atoms with Crippen LogP contribution < -0.4 is 5.32 Å². The van der Waals surface area contributed by atoms with Gasteiger partial charge in [-0.3, -0.25) is 5.10 Å². The molecule has 0 aromatic carbocycles. The Bertz CT molecular complexity index is 523. The van der Waals surface area contributed by atoms with Gasteiger partial charge < -0.3 is 10.1 Å². The van der Waals surface area contributed by atoms with Crippen LogP contribution in [0.25, 0.3) is 0 Å². The molecule has 1 fully saturated rings. The quantitative estimate of drug-likeness (QED) is 0.782. The van der Waals surface area contributed by atoms with E-state index in [-0.39, 0.29) is 5.03 Å². The van der Waals surface area contributed by atoms with E-state index in [1.165, 1.54) is 4.31 Å². The molecule has 0 unspecified atom stereocenters. The van der Waals surface area contributed by atoms with Crippen molar-refractivity contribution in [2.75, 3.05) is 33.9 Å². The highest BCUT2D eigenvalue weighted by Crippen LogP contribution is 2.21. The summed E-state index contributed by atoms with van der Waals surface area (Å²) in [6, 6.07) is 0. The normalized spacial score (nSPS) is 17.8. The molecule has 2 N–H and O–H groups in total. The fraction of sp³-hybridized carbons (Fsp3) is 0.750. The van der Waals surface area contributed by atoms with Gasteiger partial charge >= 0.3 is 0 Å². The summed E-state index contributed by atoms with van der Waals surface area (Å²) in [4.78, 5) is 0. The molecule has 0 aliphatic carbocycles. The first-order chi connectivity index (χ1) is 9.55. The van der Waals surface area contributed by atoms with Crippen LogP contribution >= 0.6 is 0 Å². The molecule has 0 radical (unpaired) electrons. The highest BCUT2D eigenvalue weighted by atomic mass is 32.2. The van der Waals surface area contributed by atoms with Gasteiger partial charge in [0, 0.05) is 38.9 Å². The van der Waals surface area contributed by atoms with Crippen LogP contribution in [0.2, 0.25) is 0 Å². The van der Waals surface area contributed by atoms with Gasteiger partial charge in [0.1, 0.15) is 0 Å². The number of hydrogen-bond acceptors (Lipinski definition) is 5. The SMILES string of the molecule is CNCc1cn[nH]c1S(=O)(=O)N(C)CC1CCOCC1. The van der Waals surface area contributed by atoms with Gasteiger partial charge in [-0.15, -0.1) is 0 Å². The number of ether oxygens (including phenoxy) is 1. The minimum Gasteiger partial charge on any atom is -0.381 e. The standard InChI is InChI=1S/C12H22N4O3S/c1-13-7-11-8-14-15-12(11)20(17,18)16(2)9-10-3-5-19-6-4-10/h8,10,13H,3-7,9H2,1-2H3,(H,14,15). The lowest BCUT2D eigenvalue weighted by molar-refractivity contribution is 0.0620. The monoisotopic (exact) mass is 302 g/mol. The molecule has 1 saturated heterocycles. The summed E-state index contributed by atoms with van der Waals surface area (Å²) < 4.78 is 31.8. The van der Waals surface area contributed by atoms with Crippen LogP contribution in [0.5, 0.6) is 0 Å². The summed E-state index contributed by atoms with van der Waals surface area (Å²) in [5, 5.41) is 9.58. The molecular formula is C12H22N4O3S. The van der Waals surface area contributed by atoms with Gasteiger partial charge in [0.05, 0.1) is 6.20 Å². The number of aromatic amines is 1. The molecule has 8 heteroatoms. The maximum Gasteiger partial charge on any atom is 0.260 e. The zero-order valence-corrected chi connectivity index (χ0v) is 12.7. The van der Waals surface area contributed by atoms with Crippen LogP contribution in [-0.4, -0.2) is 56.8 Å². The Morgan fingerprint density at radius 1 is 1.50 bits per heavy atom. The number of hydrogen-bond donors (Lipinski definition) is 2. The lowest BCUT2D eigenvalue weighted by atomic mass is 10.0. The van der Waals surface area contributed by atoms with Crippen molar-refractivity contribution in [2.24, 2.45) is 5.92 Å². The fourth-order valence-corrected chi connectivity index (χ4v) is 3.73. The van der Waals surface area contributed by atoms with Gasteiger partial charge in [0.15, 0.2) is 5.03 Å². The summed E-state index contributed by atoms with van der Waals surface area (Å²) in [5.74, 6) is 0.360. The zero-order valence-electron chi connectivity index (χ0n) is 11.9. The first-order valence-corrected chi connectivity index (χ1v) is 8.20. The van der Waals surface area contributed by atoms with Gasteiger partial charge in [-0.25, -0.2) is 8.42 Å². The van der Waals surface area contributed by atoms with Crippen LogP contribution in [0.4, 0.5) is 0 Å². The molecule has 7 nitrogen and oxygen atoms in total. The summed E-state index contributed by atoms with van der Waals surface area (Å²) in [5.41, 5.74) is 0.659. The van der Waals surface area contributed by atoms with Crippen molar-refractivity contribution in [3.8, 4) is 0 Å². The number of aromatic nitrogens is 2. The molecule has 1 aliphatic heterocycles. The minimum atomic E-state index is -3.51. The maximum atomic E-state index is 12.6. The molecule has 0 amide bonds. The van der Waals surface area contributed by atoms with E-state index in [2.05, 4.69) is 15.5 Å². The lowest BCUT2D eigenvalue weighted by Gasteiger charge is -2.26. The lowest BCUT2D eigenvalue weighted by Crippen LogP contribution is -2.35. The van der Waals surface area contributed by atoms with E-state index in [4.69, 9.17) is 4.74 Å². The third-order valence-corrected chi connectivity index (χ3v) is 5.41. The third-order valence-electron chi connectivity index (χ3n) is 3.57. The maximum absolute atomic E-state index is 12.6. The Balaban J connectivity index is 2.10. The predicted molar refractivity (Wildman–Crippen MR) is 74.7 cm³/mol. The Kier molecular flexibility index (Phi) is 5.14. The Hall–Kier alpha value is -0.960. The van der Waals surface area contributed by atoms with E-state index < -0.39 is 10.0 Å². The van der Waals surface area contributed by atoms with Crippen molar-refractivity contribution < 1.29 is 13.2 Å². The smallest absolute Gasteiger partial charge is 0.260 e. The van der Waals surface area contributed by atoms with E-state index in [0.29, 0.717) is 37.8 Å². The molecule has 0 bridgehead atoms. The van der Waals surface area contributed by atoms with Crippen molar-refractivity contribution in [1.29, 1.82) is 0 Å². The van der Waals surface area contributed by atoms with Crippen LogP contribution in [-0.2, 0) is 21.3 Å². The van der Waals surface area contributed by atoms with Gasteiger partial charge in [-0.1, -0.05) is 0 Å². The number of rotatable bonds is 6. The van der Waals surface area contributed by atoms with E-state index >= 15 is 0 Å². The molecule has 1 aromatic heterocycles. The van der Waals surface area contributed by atoms with E-state index in [0.717, 1.165) is 12.8 Å². The molecule has 0 saturated carbocycles. The first-order valence-electron chi connectivity index (χ1n) is 6.76. The van der Waals surface area contributed by atoms with E-state index in [1.807, 2.05) is 0 Å². The topological polar surface area (TPSA) is 87.3 Å². The predicted octanol–water partition coefficient (Wildman–Crippen LogP) is 0.176. The molecule has 0 spiro atoms. The number of nitrogens with zero attached hydrogens (tertiary/aromatic N) is 2. The van der Waals surface area contributed by atoms with E-state index in [1.54, 1.807) is 20.3 Å². The van der Waals surface area contributed by atoms with Gasteiger partial charge in [-0.05, 0) is 25.8 Å². The Labute approximate surface area is 119 Å². The summed E-state index contributed by atoms with van der Waals surface area (Å²) in [6.07, 6.45) is 3.37. The third kappa shape index (κ3) is 3.38. The van der Waals surface area contributed by atoms with Crippen LogP contribution in [0.15, 0.2) is 11.2 Å². The summed E-state index contributed by atoms with van der Waals surface area (Å²) >= 11 is 0. The first kappa shape index (κ1) is 15.4. The van der Waals surface area contributed by atoms with Crippen molar-refractivity contribution in [1.82, 2.24) is 19.8 Å². The molecule has 1 aliphatic rings. The molecule has 114 valence electrons. The molecule has 1 aromatic rings. The van der Waals surface area contributed by atoms with Crippen molar-refractivity contribution in [2.45, 2.75) is 24.4 Å².